The molecule has 0 saturated carbocycles. The maximum absolute atomic E-state index is 13.0. The molecule has 0 N–H and O–H groups in total. The molecule has 0 amide bonds. The zero-order chi connectivity index (χ0) is 41.7. The molecule has 8 nitrogen and oxygen atoms in total. The largest absolute Gasteiger partial charge is 0.508 e. The summed E-state index contributed by atoms with van der Waals surface area (Å²) in [5.41, 5.74) is 2.95. The van der Waals surface area contributed by atoms with Gasteiger partial charge in [0.1, 0.15) is 13.2 Å². The van der Waals surface area contributed by atoms with Gasteiger partial charge in [0, 0.05) is 32.1 Å². The van der Waals surface area contributed by atoms with E-state index in [1.807, 2.05) is 6.07 Å². The van der Waals surface area contributed by atoms with Crippen LogP contribution in [0.4, 0.5) is 4.79 Å². The normalized spacial score (nSPS) is 14.9. The van der Waals surface area contributed by atoms with E-state index in [0.717, 1.165) is 108 Å². The molecule has 0 aliphatic carbocycles. The van der Waals surface area contributed by atoms with Crippen LogP contribution >= 0.6 is 0 Å². The van der Waals surface area contributed by atoms with Gasteiger partial charge < -0.3 is 28.6 Å². The Kier molecular flexibility index (Phi) is 32.1. The van der Waals surface area contributed by atoms with Crippen molar-refractivity contribution < 1.29 is 33.3 Å². The Hall–Kier alpha value is -2.68. The van der Waals surface area contributed by atoms with Crippen molar-refractivity contribution in [2.24, 2.45) is 5.92 Å². The molecule has 58 heavy (non-hydrogen) atoms. The van der Waals surface area contributed by atoms with Crippen LogP contribution in [0.3, 0.4) is 0 Å². The summed E-state index contributed by atoms with van der Waals surface area (Å²) >= 11 is 0. The molecule has 8 heteroatoms. The number of benzene rings is 1. The number of rotatable bonds is 36. The number of piperidine rings is 1. The van der Waals surface area contributed by atoms with Gasteiger partial charge >= 0.3 is 12.1 Å². The molecule has 1 aliphatic heterocycles. The minimum absolute atomic E-state index is 0.119. The topological polar surface area (TPSA) is 83.5 Å². The molecule has 0 spiro atoms. The molecule has 1 fully saturated rings. The van der Waals surface area contributed by atoms with Crippen LogP contribution in [-0.4, -0.2) is 62.8 Å². The van der Waals surface area contributed by atoms with Gasteiger partial charge in [0.25, 0.3) is 0 Å². The maximum atomic E-state index is 13.0. The number of ether oxygens (including phenoxy) is 5. The summed E-state index contributed by atoms with van der Waals surface area (Å²) in [7, 11) is 0. The summed E-state index contributed by atoms with van der Waals surface area (Å²) < 4.78 is 29.2. The Labute approximate surface area is 355 Å². The Morgan fingerprint density at radius 2 is 1.29 bits per heavy atom. The van der Waals surface area contributed by atoms with Crippen LogP contribution in [0.5, 0.6) is 0 Å². The Morgan fingerprint density at radius 1 is 0.690 bits per heavy atom. The van der Waals surface area contributed by atoms with Crippen LogP contribution in [0, 0.1) is 12.3 Å². The van der Waals surface area contributed by atoms with E-state index in [1.54, 1.807) is 0 Å². The highest BCUT2D eigenvalue weighted by molar-refractivity contribution is 5.69. The van der Waals surface area contributed by atoms with Gasteiger partial charge in [0.05, 0.1) is 13.0 Å². The molecule has 1 aliphatic rings. The second kappa shape index (κ2) is 36.2. The summed E-state index contributed by atoms with van der Waals surface area (Å²) in [6.07, 6.45) is 34.8. The van der Waals surface area contributed by atoms with E-state index in [4.69, 9.17) is 23.7 Å². The second-order valence-electron chi connectivity index (χ2n) is 16.1. The minimum atomic E-state index is -0.629. The zero-order valence-electron chi connectivity index (χ0n) is 37.5. The van der Waals surface area contributed by atoms with E-state index in [-0.39, 0.29) is 25.6 Å². The SMILES string of the molecule is CC/C=C\CCCCOC(CCC(=O)OCc1cc(CCCCCCC[CH]CCCCC)cc(COC(=O)OCC2CCCN(CC)C2)c1)OCCCC/C=C\CC. The van der Waals surface area contributed by atoms with Crippen molar-refractivity contribution in [3.8, 4) is 0 Å². The van der Waals surface area contributed by atoms with Gasteiger partial charge in [-0.05, 0) is 119 Å². The quantitative estimate of drug-likeness (QED) is 0.0287. The number of aryl methyl sites for hydroxylation is 1. The van der Waals surface area contributed by atoms with Crippen molar-refractivity contribution in [3.63, 3.8) is 0 Å². The highest BCUT2D eigenvalue weighted by atomic mass is 16.7. The fourth-order valence-corrected chi connectivity index (χ4v) is 7.34. The van der Waals surface area contributed by atoms with Gasteiger partial charge in [-0.1, -0.05) is 122 Å². The molecular formula is C50H84NO7. The predicted molar refractivity (Wildman–Crippen MR) is 239 cm³/mol. The predicted octanol–water partition coefficient (Wildman–Crippen LogP) is 13.2. The number of carbonyl (C=O) groups excluding carboxylic acids is 2. The van der Waals surface area contributed by atoms with Crippen molar-refractivity contribution in [1.29, 1.82) is 0 Å². The maximum Gasteiger partial charge on any atom is 0.508 e. The molecule has 331 valence electrons. The number of hydrogen-bond donors (Lipinski definition) is 0. The third-order valence-corrected chi connectivity index (χ3v) is 10.8. The molecule has 1 aromatic rings. The average Bonchev–Trinajstić information content (AvgIpc) is 3.24. The number of hydrogen-bond acceptors (Lipinski definition) is 8. The zero-order valence-corrected chi connectivity index (χ0v) is 37.5. The van der Waals surface area contributed by atoms with E-state index in [9.17, 15) is 9.59 Å². The highest BCUT2D eigenvalue weighted by Crippen LogP contribution is 2.20. The lowest BCUT2D eigenvalue weighted by molar-refractivity contribution is -0.160. The van der Waals surface area contributed by atoms with Gasteiger partial charge in [0.15, 0.2) is 6.29 Å². The van der Waals surface area contributed by atoms with Crippen LogP contribution in [0.25, 0.3) is 0 Å². The summed E-state index contributed by atoms with van der Waals surface area (Å²) in [6, 6.07) is 6.22. The molecular weight excluding hydrogens is 727 g/mol. The van der Waals surface area contributed by atoms with Crippen molar-refractivity contribution in [2.75, 3.05) is 39.5 Å². The molecule has 1 aromatic carbocycles. The highest BCUT2D eigenvalue weighted by Gasteiger charge is 2.21. The number of nitrogens with zero attached hydrogens (tertiary/aromatic N) is 1. The van der Waals surface area contributed by atoms with E-state index in [1.165, 1.54) is 63.4 Å². The van der Waals surface area contributed by atoms with Crippen LogP contribution < -0.4 is 0 Å². The molecule has 1 radical (unpaired) electrons. The van der Waals surface area contributed by atoms with Crippen molar-refractivity contribution >= 4 is 12.1 Å². The number of esters is 1. The number of unbranched alkanes of at least 4 members (excludes halogenated alkanes) is 14. The lowest BCUT2D eigenvalue weighted by Gasteiger charge is -2.31. The lowest BCUT2D eigenvalue weighted by Crippen LogP contribution is -2.37. The number of likely N-dealkylation sites (tertiary alicyclic amines) is 1. The van der Waals surface area contributed by atoms with E-state index < -0.39 is 12.4 Å². The summed E-state index contributed by atoms with van der Waals surface area (Å²) in [4.78, 5) is 28.1. The molecule has 1 unspecified atom stereocenters. The molecule has 1 heterocycles. The second-order valence-corrected chi connectivity index (χ2v) is 16.1. The smallest absolute Gasteiger partial charge is 0.461 e. The van der Waals surface area contributed by atoms with Crippen LogP contribution in [-0.2, 0) is 48.1 Å². The average molecular weight is 811 g/mol. The molecule has 0 aromatic heterocycles. The van der Waals surface area contributed by atoms with Crippen molar-refractivity contribution in [3.05, 3.63) is 65.6 Å². The summed E-state index contributed by atoms with van der Waals surface area (Å²) in [5.74, 6) is 0.0736. The number of carbonyl (C=O) groups is 2. The first-order chi connectivity index (χ1) is 28.5. The third-order valence-electron chi connectivity index (χ3n) is 10.8. The minimum Gasteiger partial charge on any atom is -0.461 e. The first-order valence-electron chi connectivity index (χ1n) is 23.6. The Balaban J connectivity index is 1.91. The van der Waals surface area contributed by atoms with Gasteiger partial charge in [0.2, 0.25) is 0 Å². The summed E-state index contributed by atoms with van der Waals surface area (Å²) in [6.45, 7) is 13.7. The van der Waals surface area contributed by atoms with Gasteiger partial charge in [-0.15, -0.1) is 0 Å². The molecule has 1 atom stereocenters. The first-order valence-corrected chi connectivity index (χ1v) is 23.6. The number of allylic oxidation sites excluding steroid dienone is 4. The first kappa shape index (κ1) is 51.5. The molecule has 2 rings (SSSR count). The van der Waals surface area contributed by atoms with E-state index >= 15 is 0 Å². The fraction of sp³-hybridized carbons (Fsp3) is 0.740. The van der Waals surface area contributed by atoms with Crippen LogP contribution in [0.15, 0.2) is 42.5 Å². The Bertz CT molecular complexity index is 1190. The summed E-state index contributed by atoms with van der Waals surface area (Å²) in [5, 5.41) is 0. The fourth-order valence-electron chi connectivity index (χ4n) is 7.34. The van der Waals surface area contributed by atoms with Crippen LogP contribution in [0.1, 0.15) is 186 Å². The lowest BCUT2D eigenvalue weighted by atomic mass is 9.99. The van der Waals surface area contributed by atoms with Crippen molar-refractivity contribution in [2.45, 2.75) is 195 Å². The van der Waals surface area contributed by atoms with Crippen LogP contribution in [0.2, 0.25) is 0 Å². The van der Waals surface area contributed by atoms with Gasteiger partial charge in [-0.2, -0.15) is 0 Å². The van der Waals surface area contributed by atoms with Gasteiger partial charge in [-0.25, -0.2) is 4.79 Å². The van der Waals surface area contributed by atoms with E-state index in [0.29, 0.717) is 32.2 Å². The third kappa shape index (κ3) is 27.9. The molecule has 0 bridgehead atoms. The monoisotopic (exact) mass is 811 g/mol. The van der Waals surface area contributed by atoms with Crippen molar-refractivity contribution in [1.82, 2.24) is 4.90 Å². The van der Waals surface area contributed by atoms with Gasteiger partial charge in [-0.3, -0.25) is 4.79 Å². The Morgan fingerprint density at radius 3 is 1.95 bits per heavy atom. The van der Waals surface area contributed by atoms with E-state index in [2.05, 4.69) is 75.5 Å². The molecule has 1 saturated heterocycles. The standard InChI is InChI=1S/C50H84NO7/c1-5-9-12-15-18-19-20-21-22-23-26-30-44-37-46(39-47(38-44)43-58-50(53)57-41-45-31-29-34-51(8-4)40-45)42-56-48(52)32-33-49(54-35-27-24-16-13-10-6-2)55-36-28-25-17-14-11-7-3/h10-11,13-14,18,37-39,45,49H,5-9,12,15-17,19-36,40-43H2,1-4H3/b13-10-,14-11-.